The summed E-state index contributed by atoms with van der Waals surface area (Å²) >= 11 is 0. The van der Waals surface area contributed by atoms with Crippen molar-refractivity contribution in [2.75, 3.05) is 42.0 Å². The van der Waals surface area contributed by atoms with Crippen LogP contribution in [0.25, 0.3) is 0 Å². The van der Waals surface area contributed by atoms with Crippen molar-refractivity contribution in [3.63, 3.8) is 0 Å². The van der Waals surface area contributed by atoms with Gasteiger partial charge in [-0.3, -0.25) is 4.57 Å². The molecule has 0 bridgehead atoms. The van der Waals surface area contributed by atoms with Crippen LogP contribution in [-0.2, 0) is 19.8 Å². The zero-order chi connectivity index (χ0) is 34.3. The summed E-state index contributed by atoms with van der Waals surface area (Å²) < 4.78 is 31.2. The molecular weight excluding hydrogens is 612 g/mol. The van der Waals surface area contributed by atoms with E-state index in [-0.39, 0.29) is 12.4 Å². The first-order chi connectivity index (χ1) is 23.2. The van der Waals surface area contributed by atoms with Gasteiger partial charge in [-0.2, -0.15) is 4.98 Å². The minimum atomic E-state index is -1.15. The second-order valence-corrected chi connectivity index (χ2v) is 11.3. The molecule has 5 rings (SSSR count). The Kier molecular flexibility index (Phi) is 10.9. The zero-order valence-electron chi connectivity index (χ0n) is 27.9. The Morgan fingerprint density at radius 3 is 2.06 bits per heavy atom. The number of aromatic nitrogens is 2. The maximum Gasteiger partial charge on any atom is 0.351 e. The molecule has 11 heteroatoms. The number of benzene rings is 3. The number of nitrogens with zero attached hydrogens (tertiary/aromatic N) is 4. The Bertz CT molecular complexity index is 1770. The van der Waals surface area contributed by atoms with E-state index in [1.807, 2.05) is 93.0 Å². The van der Waals surface area contributed by atoms with Crippen LogP contribution in [0.4, 0.5) is 5.82 Å². The first kappa shape index (κ1) is 34.3. The van der Waals surface area contributed by atoms with E-state index < -0.39 is 35.8 Å². The van der Waals surface area contributed by atoms with Crippen molar-refractivity contribution in [3.05, 3.63) is 118 Å². The molecule has 11 nitrogen and oxygen atoms in total. The summed E-state index contributed by atoms with van der Waals surface area (Å²) in [4.78, 5) is 23.5. The van der Waals surface area contributed by atoms with E-state index >= 15 is 0 Å². The molecule has 1 fully saturated rings. The van der Waals surface area contributed by atoms with Crippen LogP contribution in [0.3, 0.4) is 0 Å². The van der Waals surface area contributed by atoms with Crippen molar-refractivity contribution < 1.29 is 28.8 Å². The molecule has 0 radical (unpaired) electrons. The second-order valence-electron chi connectivity index (χ2n) is 11.3. The topological polar surface area (TPSA) is 117 Å². The first-order valence-corrected chi connectivity index (χ1v) is 15.4. The largest absolute Gasteiger partial charge is 0.497 e. The van der Waals surface area contributed by atoms with Gasteiger partial charge in [-0.05, 0) is 47.9 Å². The third-order valence-corrected chi connectivity index (χ3v) is 8.10. The van der Waals surface area contributed by atoms with Gasteiger partial charge in [-0.1, -0.05) is 60.5 Å². The molecule has 1 aliphatic rings. The maximum absolute atomic E-state index is 13.3. The Morgan fingerprint density at radius 2 is 1.54 bits per heavy atom. The van der Waals surface area contributed by atoms with Crippen LogP contribution in [0.1, 0.15) is 35.4 Å². The molecule has 1 aromatic heterocycles. The summed E-state index contributed by atoms with van der Waals surface area (Å²) in [6, 6.07) is 25.1. The van der Waals surface area contributed by atoms with E-state index in [4.69, 9.17) is 23.7 Å². The van der Waals surface area contributed by atoms with Crippen molar-refractivity contribution in [2.24, 2.45) is 4.99 Å². The van der Waals surface area contributed by atoms with Gasteiger partial charge in [0.25, 0.3) is 0 Å². The van der Waals surface area contributed by atoms with Crippen molar-refractivity contribution in [2.45, 2.75) is 37.1 Å². The molecule has 0 aliphatic carbocycles. The second kappa shape index (κ2) is 15.3. The average Bonchev–Trinajstić information content (AvgIpc) is 3.43. The van der Waals surface area contributed by atoms with Crippen LogP contribution < -0.4 is 15.2 Å². The van der Waals surface area contributed by atoms with Crippen LogP contribution in [0.5, 0.6) is 11.5 Å². The van der Waals surface area contributed by atoms with Gasteiger partial charge in [0.1, 0.15) is 35.4 Å². The standard InChI is InChI=1S/C37H40N4O7/c1-7-11-25-22-41(36(43)39-34(25)38-24-40(2)3)35-33(46-6)32(42)31(48-35)23-47-37(26-12-9-8-10-13-26,27-14-18-29(44-4)19-15-27)28-16-20-30(45-5)21-17-28/h8-10,12-22,24,31-33,35,42H,23H2,1-6H3/t31-,32-,33-,35-/m1/s1. The number of hydrogen-bond donors (Lipinski definition) is 1. The van der Waals surface area contributed by atoms with Crippen LogP contribution >= 0.6 is 0 Å². The lowest BCUT2D eigenvalue weighted by molar-refractivity contribution is -0.0966. The Morgan fingerprint density at radius 1 is 0.958 bits per heavy atom. The normalized spacial score (nSPS) is 19.1. The summed E-state index contributed by atoms with van der Waals surface area (Å²) in [6.45, 7) is 1.61. The van der Waals surface area contributed by atoms with E-state index in [1.165, 1.54) is 17.9 Å². The number of aliphatic imine (C=N–C) groups is 1. The number of rotatable bonds is 12. The zero-order valence-corrected chi connectivity index (χ0v) is 27.9. The molecule has 2 heterocycles. The predicted molar refractivity (Wildman–Crippen MR) is 182 cm³/mol. The minimum absolute atomic E-state index is 0.0699. The summed E-state index contributed by atoms with van der Waals surface area (Å²) in [5, 5.41) is 11.5. The minimum Gasteiger partial charge on any atom is -0.497 e. The number of aliphatic hydroxyl groups is 1. The molecular formula is C37H40N4O7. The van der Waals surface area contributed by atoms with Gasteiger partial charge in [0.2, 0.25) is 0 Å². The number of methoxy groups -OCH3 is 3. The summed E-state index contributed by atoms with van der Waals surface area (Å²) in [6.07, 6.45) is -0.902. The van der Waals surface area contributed by atoms with Gasteiger partial charge in [0, 0.05) is 27.4 Å². The quantitative estimate of drug-likeness (QED) is 0.104. The fourth-order valence-electron chi connectivity index (χ4n) is 5.75. The molecule has 1 saturated heterocycles. The molecule has 1 aliphatic heterocycles. The smallest absolute Gasteiger partial charge is 0.351 e. The Hall–Kier alpha value is -4.99. The van der Waals surface area contributed by atoms with E-state index in [1.54, 1.807) is 32.4 Å². The van der Waals surface area contributed by atoms with Gasteiger partial charge in [0.15, 0.2) is 12.0 Å². The maximum atomic E-state index is 13.3. The van der Waals surface area contributed by atoms with Gasteiger partial charge in [-0.15, -0.1) is 5.92 Å². The van der Waals surface area contributed by atoms with Crippen LogP contribution in [0.15, 0.2) is 94.8 Å². The molecule has 250 valence electrons. The molecule has 3 aromatic carbocycles. The number of ether oxygens (including phenoxy) is 5. The lowest BCUT2D eigenvalue weighted by Crippen LogP contribution is -2.40. The highest BCUT2D eigenvalue weighted by Gasteiger charge is 2.48. The van der Waals surface area contributed by atoms with E-state index in [0.29, 0.717) is 17.1 Å². The summed E-state index contributed by atoms with van der Waals surface area (Å²) in [5.41, 5.74) is 1.15. The van der Waals surface area contributed by atoms with E-state index in [0.717, 1.165) is 16.7 Å². The Balaban J connectivity index is 1.55. The molecule has 48 heavy (non-hydrogen) atoms. The molecule has 1 N–H and O–H groups in total. The van der Waals surface area contributed by atoms with Gasteiger partial charge < -0.3 is 33.7 Å². The summed E-state index contributed by atoms with van der Waals surface area (Å²) in [5.74, 6) is 7.36. The molecule has 0 unspecified atom stereocenters. The lowest BCUT2D eigenvalue weighted by Gasteiger charge is -2.37. The third kappa shape index (κ3) is 6.98. The molecule has 0 saturated carbocycles. The van der Waals surface area contributed by atoms with Crippen LogP contribution in [0.2, 0.25) is 0 Å². The average molecular weight is 653 g/mol. The Labute approximate surface area is 280 Å². The third-order valence-electron chi connectivity index (χ3n) is 8.10. The summed E-state index contributed by atoms with van der Waals surface area (Å²) in [7, 11) is 8.31. The fraction of sp³-hybridized carbons (Fsp3) is 0.324. The van der Waals surface area contributed by atoms with Gasteiger partial charge >= 0.3 is 5.69 Å². The van der Waals surface area contributed by atoms with Crippen LogP contribution in [-0.4, -0.2) is 86.2 Å². The van der Waals surface area contributed by atoms with Crippen LogP contribution in [0, 0.1) is 11.8 Å². The highest BCUT2D eigenvalue weighted by atomic mass is 16.6. The van der Waals surface area contributed by atoms with Crippen molar-refractivity contribution in [1.29, 1.82) is 0 Å². The van der Waals surface area contributed by atoms with Crippen molar-refractivity contribution in [1.82, 2.24) is 14.5 Å². The predicted octanol–water partition coefficient (Wildman–Crippen LogP) is 4.14. The monoisotopic (exact) mass is 652 g/mol. The molecule has 4 aromatic rings. The first-order valence-electron chi connectivity index (χ1n) is 15.4. The molecule has 4 atom stereocenters. The van der Waals surface area contributed by atoms with Crippen molar-refractivity contribution in [3.8, 4) is 23.3 Å². The van der Waals surface area contributed by atoms with E-state index in [9.17, 15) is 9.90 Å². The molecule has 0 amide bonds. The SMILES string of the molecule is CC#Cc1cn([C@@H]2O[C@H](COC(c3ccccc3)(c3ccc(OC)cc3)c3ccc(OC)cc3)[C@@H](O)[C@H]2OC)c(=O)nc1N=CN(C)C. The lowest BCUT2D eigenvalue weighted by atomic mass is 9.80. The highest BCUT2D eigenvalue weighted by molar-refractivity contribution is 5.62. The number of aliphatic hydroxyl groups excluding tert-OH is 1. The molecule has 0 spiro atoms. The van der Waals surface area contributed by atoms with Gasteiger partial charge in [-0.25, -0.2) is 9.79 Å². The van der Waals surface area contributed by atoms with Gasteiger partial charge in [0.05, 0.1) is 32.7 Å². The highest BCUT2D eigenvalue weighted by Crippen LogP contribution is 2.43. The van der Waals surface area contributed by atoms with E-state index in [2.05, 4.69) is 21.8 Å². The number of hydrogen-bond acceptors (Lipinski definition) is 9. The fourth-order valence-corrected chi connectivity index (χ4v) is 5.75. The van der Waals surface area contributed by atoms with Crippen molar-refractivity contribution >= 4 is 12.2 Å².